The highest BCUT2D eigenvalue weighted by Crippen LogP contribution is 2.27. The van der Waals surface area contributed by atoms with E-state index in [9.17, 15) is 9.59 Å². The number of carbonyl (C=O) groups is 2. The quantitative estimate of drug-likeness (QED) is 0.548. The molecule has 3 aromatic carbocycles. The molecule has 2 atom stereocenters. The minimum absolute atomic E-state index is 0.317. The Bertz CT molecular complexity index is 1180. The highest BCUT2D eigenvalue weighted by atomic mass is 35.5. The van der Waals surface area contributed by atoms with Crippen LogP contribution in [0.4, 0.5) is 0 Å². The SMILES string of the molecule is COc1ccc(C(=O)N[C@@H]2C(=O)N/[N+](=C\c3ccc(Cl)cc3)[C@H]2c2ccc(OC)cc2)cc1. The number of nitrogens with zero attached hydrogens (tertiary/aromatic N) is 1. The predicted octanol–water partition coefficient (Wildman–Crippen LogP) is 3.37. The number of amides is 2. The first kappa shape index (κ1) is 22.4. The van der Waals surface area contributed by atoms with E-state index in [-0.39, 0.29) is 11.8 Å². The van der Waals surface area contributed by atoms with Crippen LogP contribution >= 0.6 is 11.6 Å². The molecule has 7 nitrogen and oxygen atoms in total. The third kappa shape index (κ3) is 4.99. The van der Waals surface area contributed by atoms with Crippen LogP contribution < -0.4 is 20.2 Å². The minimum Gasteiger partial charge on any atom is -0.497 e. The molecule has 1 heterocycles. The summed E-state index contributed by atoms with van der Waals surface area (Å²) in [5.41, 5.74) is 4.97. The molecule has 0 aromatic heterocycles. The topological polar surface area (TPSA) is 79.7 Å². The molecule has 0 saturated carbocycles. The van der Waals surface area contributed by atoms with Crippen LogP contribution in [0.5, 0.6) is 11.5 Å². The summed E-state index contributed by atoms with van der Waals surface area (Å²) in [6.45, 7) is 0. The Balaban J connectivity index is 1.67. The lowest BCUT2D eigenvalue weighted by Gasteiger charge is -2.15. The van der Waals surface area contributed by atoms with Gasteiger partial charge >= 0.3 is 5.91 Å². The Labute approximate surface area is 196 Å². The van der Waals surface area contributed by atoms with Crippen molar-refractivity contribution in [2.45, 2.75) is 12.1 Å². The monoisotopic (exact) mass is 464 g/mol. The number of methoxy groups -OCH3 is 2. The van der Waals surface area contributed by atoms with Crippen molar-refractivity contribution in [2.75, 3.05) is 14.2 Å². The van der Waals surface area contributed by atoms with Crippen molar-refractivity contribution in [1.82, 2.24) is 10.7 Å². The van der Waals surface area contributed by atoms with E-state index in [1.165, 1.54) is 0 Å². The van der Waals surface area contributed by atoms with Gasteiger partial charge in [-0.3, -0.25) is 9.59 Å². The molecule has 2 N–H and O–H groups in total. The first-order valence-corrected chi connectivity index (χ1v) is 10.6. The van der Waals surface area contributed by atoms with Crippen LogP contribution in [-0.2, 0) is 4.79 Å². The van der Waals surface area contributed by atoms with Gasteiger partial charge in [0.2, 0.25) is 12.3 Å². The van der Waals surface area contributed by atoms with Crippen LogP contribution in [0.3, 0.4) is 0 Å². The molecule has 0 spiro atoms. The van der Waals surface area contributed by atoms with E-state index in [1.54, 1.807) is 55.3 Å². The summed E-state index contributed by atoms with van der Waals surface area (Å²) in [5, 5.41) is 3.50. The molecular formula is C25H23ClN3O4+. The first-order valence-electron chi connectivity index (χ1n) is 10.3. The summed E-state index contributed by atoms with van der Waals surface area (Å²) in [5.74, 6) is 0.667. The van der Waals surface area contributed by atoms with Gasteiger partial charge in [-0.15, -0.1) is 10.1 Å². The molecule has 0 unspecified atom stereocenters. The molecule has 4 rings (SSSR count). The number of hydrazine groups is 1. The summed E-state index contributed by atoms with van der Waals surface area (Å²) >= 11 is 6.00. The standard InChI is InChI=1S/C25H22ClN3O4/c1-32-20-11-5-17(6-12-20)23-22(27-24(30)18-7-13-21(33-2)14-8-18)25(31)28-29(23)15-16-3-9-19(26)10-4-16/h3-15,22-23H,1-2H3,(H-,27,28,30,31)/p+1/b29-15-/t22-,23-/m0/s1. The van der Waals surface area contributed by atoms with Gasteiger partial charge in [0.1, 0.15) is 11.5 Å². The summed E-state index contributed by atoms with van der Waals surface area (Å²) in [4.78, 5) is 25.9. The zero-order valence-electron chi connectivity index (χ0n) is 18.1. The number of benzene rings is 3. The molecule has 8 heteroatoms. The fourth-order valence-corrected chi connectivity index (χ4v) is 3.78. The van der Waals surface area contributed by atoms with E-state index in [4.69, 9.17) is 21.1 Å². The van der Waals surface area contributed by atoms with E-state index in [0.29, 0.717) is 22.1 Å². The van der Waals surface area contributed by atoms with Crippen LogP contribution in [0, 0.1) is 0 Å². The Kier molecular flexibility index (Phi) is 6.60. The average Bonchev–Trinajstić information content (AvgIpc) is 3.14. The second-order valence-corrected chi connectivity index (χ2v) is 7.90. The zero-order chi connectivity index (χ0) is 23.4. The number of carbonyl (C=O) groups excluding carboxylic acids is 2. The van der Waals surface area contributed by atoms with E-state index in [0.717, 1.165) is 11.1 Å². The maximum atomic E-state index is 12.9. The summed E-state index contributed by atoms with van der Waals surface area (Å²) in [6.07, 6.45) is 1.81. The third-order valence-corrected chi connectivity index (χ3v) is 5.64. The lowest BCUT2D eigenvalue weighted by atomic mass is 9.99. The molecule has 33 heavy (non-hydrogen) atoms. The first-order chi connectivity index (χ1) is 16.0. The number of ether oxygens (including phenoxy) is 2. The van der Waals surface area contributed by atoms with Crippen molar-refractivity contribution in [3.05, 3.63) is 94.5 Å². The second kappa shape index (κ2) is 9.75. The van der Waals surface area contributed by atoms with Gasteiger partial charge in [0.15, 0.2) is 6.04 Å². The van der Waals surface area contributed by atoms with Gasteiger partial charge in [0, 0.05) is 21.7 Å². The van der Waals surface area contributed by atoms with Crippen LogP contribution in [0.2, 0.25) is 5.02 Å². The summed E-state index contributed by atoms with van der Waals surface area (Å²) in [7, 11) is 3.15. The van der Waals surface area contributed by atoms with Gasteiger partial charge < -0.3 is 14.8 Å². The fourth-order valence-electron chi connectivity index (χ4n) is 3.66. The normalized spacial score (nSPS) is 18.6. The Hall–Kier alpha value is -3.84. The van der Waals surface area contributed by atoms with Crippen molar-refractivity contribution in [1.29, 1.82) is 0 Å². The van der Waals surface area contributed by atoms with Crippen molar-refractivity contribution in [3.8, 4) is 11.5 Å². The van der Waals surface area contributed by atoms with Crippen LogP contribution in [0.15, 0.2) is 72.8 Å². The summed E-state index contributed by atoms with van der Waals surface area (Å²) < 4.78 is 12.1. The van der Waals surface area contributed by atoms with Gasteiger partial charge in [-0.05, 0) is 72.8 Å². The maximum absolute atomic E-state index is 12.9. The van der Waals surface area contributed by atoms with Crippen molar-refractivity contribution in [2.24, 2.45) is 0 Å². The lowest BCUT2D eigenvalue weighted by molar-refractivity contribution is -0.596. The number of halogens is 1. The maximum Gasteiger partial charge on any atom is 0.304 e. The van der Waals surface area contributed by atoms with E-state index >= 15 is 0 Å². The zero-order valence-corrected chi connectivity index (χ0v) is 18.9. The van der Waals surface area contributed by atoms with E-state index in [2.05, 4.69) is 10.7 Å². The molecule has 3 aromatic rings. The smallest absolute Gasteiger partial charge is 0.304 e. The van der Waals surface area contributed by atoms with Crippen LogP contribution in [-0.4, -0.2) is 43.0 Å². The Morgan fingerprint density at radius 2 is 1.52 bits per heavy atom. The molecule has 0 radical (unpaired) electrons. The third-order valence-electron chi connectivity index (χ3n) is 5.39. The molecule has 0 aliphatic carbocycles. The average molecular weight is 465 g/mol. The molecule has 2 amide bonds. The van der Waals surface area contributed by atoms with Crippen molar-refractivity contribution >= 4 is 29.6 Å². The van der Waals surface area contributed by atoms with E-state index in [1.807, 2.05) is 42.6 Å². The van der Waals surface area contributed by atoms with Gasteiger partial charge in [0.25, 0.3) is 5.91 Å². The van der Waals surface area contributed by atoms with Crippen molar-refractivity contribution in [3.63, 3.8) is 0 Å². The largest absolute Gasteiger partial charge is 0.497 e. The molecule has 1 fully saturated rings. The molecular weight excluding hydrogens is 442 g/mol. The van der Waals surface area contributed by atoms with Crippen LogP contribution in [0.25, 0.3) is 0 Å². The van der Waals surface area contributed by atoms with Crippen molar-refractivity contribution < 1.29 is 23.7 Å². The van der Waals surface area contributed by atoms with Gasteiger partial charge in [-0.1, -0.05) is 11.6 Å². The van der Waals surface area contributed by atoms with Gasteiger partial charge in [0.05, 0.1) is 14.2 Å². The number of rotatable bonds is 6. The minimum atomic E-state index is -0.823. The number of hydrogen-bond acceptors (Lipinski definition) is 4. The molecule has 1 aliphatic heterocycles. The molecule has 168 valence electrons. The Morgan fingerprint density at radius 1 is 0.939 bits per heavy atom. The lowest BCUT2D eigenvalue weighted by Crippen LogP contribution is -2.42. The number of nitrogens with one attached hydrogen (secondary N) is 2. The highest BCUT2D eigenvalue weighted by molar-refractivity contribution is 6.30. The fraction of sp³-hybridized carbons (Fsp3) is 0.160. The van der Waals surface area contributed by atoms with Gasteiger partial charge in [-0.2, -0.15) is 0 Å². The number of hydrazone groups is 1. The second-order valence-electron chi connectivity index (χ2n) is 7.46. The Morgan fingerprint density at radius 3 is 2.09 bits per heavy atom. The molecule has 0 bridgehead atoms. The molecule has 1 aliphatic rings. The van der Waals surface area contributed by atoms with Crippen LogP contribution in [0.1, 0.15) is 27.5 Å². The van der Waals surface area contributed by atoms with E-state index < -0.39 is 12.1 Å². The highest BCUT2D eigenvalue weighted by Gasteiger charge is 2.47. The molecule has 1 saturated heterocycles. The number of hydrogen-bond donors (Lipinski definition) is 2. The van der Waals surface area contributed by atoms with Gasteiger partial charge in [-0.25, -0.2) is 0 Å². The predicted molar refractivity (Wildman–Crippen MR) is 125 cm³/mol. The summed E-state index contributed by atoms with van der Waals surface area (Å²) in [6, 6.07) is 20.0.